The molecule has 0 radical (unpaired) electrons. The third kappa shape index (κ3) is 5.51. The van der Waals surface area contributed by atoms with Crippen LogP contribution in [-0.2, 0) is 0 Å². The zero-order valence-corrected chi connectivity index (χ0v) is 13.7. The Kier molecular flexibility index (Phi) is 6.33. The van der Waals surface area contributed by atoms with Crippen molar-refractivity contribution in [1.82, 2.24) is 0 Å². The number of rotatable bonds is 6. The van der Waals surface area contributed by atoms with Gasteiger partial charge in [-0.1, -0.05) is 24.0 Å². The number of nitrogens with zero attached hydrogens (tertiary/aromatic N) is 1. The van der Waals surface area contributed by atoms with E-state index in [4.69, 9.17) is 17.3 Å². The van der Waals surface area contributed by atoms with Crippen LogP contribution in [0.4, 0.5) is 22.7 Å². The summed E-state index contributed by atoms with van der Waals surface area (Å²) in [6.07, 6.45) is 0. The van der Waals surface area contributed by atoms with Gasteiger partial charge in [-0.2, -0.15) is 0 Å². The summed E-state index contributed by atoms with van der Waals surface area (Å²) < 4.78 is 0.607. The summed E-state index contributed by atoms with van der Waals surface area (Å²) >= 11 is 6.52. The highest BCUT2D eigenvalue weighted by atomic mass is 32.2. The molecule has 2 aromatic rings. The fourth-order valence-electron chi connectivity index (χ4n) is 1.76. The molecule has 0 aliphatic carbocycles. The fourth-order valence-corrected chi connectivity index (χ4v) is 2.60. The van der Waals surface area contributed by atoms with E-state index in [2.05, 4.69) is 10.6 Å². The van der Waals surface area contributed by atoms with E-state index in [-0.39, 0.29) is 12.3 Å². The molecular formula is C15H15N3O3S2. The van der Waals surface area contributed by atoms with Gasteiger partial charge >= 0.3 is 0 Å². The average molecular weight is 349 g/mol. The van der Waals surface area contributed by atoms with E-state index >= 15 is 0 Å². The first-order chi connectivity index (χ1) is 11.1. The quantitative estimate of drug-likeness (QED) is 0.416. The van der Waals surface area contributed by atoms with Crippen molar-refractivity contribution < 1.29 is 10.0 Å². The highest BCUT2D eigenvalue weighted by Gasteiger charge is 2.04. The molecule has 0 unspecified atom stereocenters. The molecule has 0 saturated carbocycles. The van der Waals surface area contributed by atoms with Gasteiger partial charge in [0.2, 0.25) is 0 Å². The van der Waals surface area contributed by atoms with Gasteiger partial charge in [0.1, 0.15) is 4.32 Å². The standard InChI is InChI=1S/C15H15N3O3S2/c19-9-10-23-15(22)17-13-3-1-11(2-4-13)16-12-5-7-14(8-6-12)18(20)21/h1-8,16,19H,9-10H2,(H,17,22). The topological polar surface area (TPSA) is 87.4 Å². The fraction of sp³-hybridized carbons (Fsp3) is 0.133. The number of nitro benzene ring substituents is 1. The first-order valence-corrected chi connectivity index (χ1v) is 8.14. The minimum Gasteiger partial charge on any atom is -0.396 e. The summed E-state index contributed by atoms with van der Waals surface area (Å²) in [6.45, 7) is 0.0879. The van der Waals surface area contributed by atoms with E-state index in [1.165, 1.54) is 23.9 Å². The lowest BCUT2D eigenvalue weighted by Crippen LogP contribution is -2.06. The zero-order valence-electron chi connectivity index (χ0n) is 12.1. The van der Waals surface area contributed by atoms with Gasteiger partial charge in [-0.15, -0.1) is 0 Å². The monoisotopic (exact) mass is 349 g/mol. The Balaban J connectivity index is 1.94. The summed E-state index contributed by atoms with van der Waals surface area (Å²) in [5.74, 6) is 0.561. The van der Waals surface area contributed by atoms with Crippen molar-refractivity contribution >= 4 is 51.0 Å². The highest BCUT2D eigenvalue weighted by molar-refractivity contribution is 8.23. The second-order valence-electron chi connectivity index (χ2n) is 4.49. The number of anilines is 3. The maximum atomic E-state index is 10.6. The SMILES string of the molecule is O=[N+]([O-])c1ccc(Nc2ccc(NC(=S)SCCO)cc2)cc1. The number of non-ortho nitro benzene ring substituents is 1. The van der Waals surface area contributed by atoms with Gasteiger partial charge in [0.15, 0.2) is 0 Å². The number of aliphatic hydroxyl groups excluding tert-OH is 1. The Hall–Kier alpha value is -2.16. The van der Waals surface area contributed by atoms with Gasteiger partial charge in [-0.25, -0.2) is 0 Å². The van der Waals surface area contributed by atoms with Gasteiger partial charge in [0, 0.05) is 34.9 Å². The van der Waals surface area contributed by atoms with Crippen molar-refractivity contribution in [3.63, 3.8) is 0 Å². The van der Waals surface area contributed by atoms with Crippen molar-refractivity contribution in [1.29, 1.82) is 0 Å². The van der Waals surface area contributed by atoms with E-state index in [1.807, 2.05) is 24.3 Å². The molecule has 8 heteroatoms. The molecule has 0 atom stereocenters. The van der Waals surface area contributed by atoms with Crippen molar-refractivity contribution in [2.75, 3.05) is 23.0 Å². The van der Waals surface area contributed by atoms with Crippen LogP contribution in [0.25, 0.3) is 0 Å². The molecule has 2 rings (SSSR count). The zero-order chi connectivity index (χ0) is 16.7. The summed E-state index contributed by atoms with van der Waals surface area (Å²) in [7, 11) is 0. The van der Waals surface area contributed by atoms with Crippen LogP contribution in [0.3, 0.4) is 0 Å². The average Bonchev–Trinajstić information content (AvgIpc) is 2.55. The van der Waals surface area contributed by atoms with Gasteiger partial charge in [-0.3, -0.25) is 10.1 Å². The number of thioether (sulfide) groups is 1. The summed E-state index contributed by atoms with van der Waals surface area (Å²) in [5.41, 5.74) is 2.54. The van der Waals surface area contributed by atoms with Crippen LogP contribution in [-0.4, -0.2) is 26.7 Å². The van der Waals surface area contributed by atoms with Crippen LogP contribution >= 0.6 is 24.0 Å². The molecule has 0 spiro atoms. The minimum atomic E-state index is -0.429. The molecule has 0 aliphatic heterocycles. The smallest absolute Gasteiger partial charge is 0.269 e. The van der Waals surface area contributed by atoms with Crippen LogP contribution in [0, 0.1) is 10.1 Å². The summed E-state index contributed by atoms with van der Waals surface area (Å²) in [4.78, 5) is 10.2. The first-order valence-electron chi connectivity index (χ1n) is 6.74. The minimum absolute atomic E-state index is 0.0592. The maximum absolute atomic E-state index is 10.6. The number of nitrogens with one attached hydrogen (secondary N) is 2. The molecule has 2 aromatic carbocycles. The summed E-state index contributed by atoms with van der Waals surface area (Å²) in [5, 5.41) is 25.6. The molecule has 120 valence electrons. The van der Waals surface area contributed by atoms with Crippen molar-refractivity contribution in [2.45, 2.75) is 0 Å². The number of aliphatic hydroxyl groups is 1. The van der Waals surface area contributed by atoms with E-state index < -0.39 is 4.92 Å². The number of hydrogen-bond acceptors (Lipinski definition) is 6. The molecule has 0 heterocycles. The number of nitro groups is 1. The number of hydrogen-bond donors (Lipinski definition) is 3. The lowest BCUT2D eigenvalue weighted by atomic mass is 10.2. The molecule has 0 aromatic heterocycles. The van der Waals surface area contributed by atoms with Gasteiger partial charge < -0.3 is 15.7 Å². The summed E-state index contributed by atoms with van der Waals surface area (Å²) in [6, 6.07) is 13.7. The van der Waals surface area contributed by atoms with Crippen LogP contribution < -0.4 is 10.6 Å². The normalized spacial score (nSPS) is 10.1. The van der Waals surface area contributed by atoms with E-state index in [1.54, 1.807) is 12.1 Å². The molecule has 0 aliphatic rings. The molecule has 6 nitrogen and oxygen atoms in total. The van der Waals surface area contributed by atoms with Crippen molar-refractivity contribution in [3.05, 3.63) is 58.6 Å². The first kappa shape index (κ1) is 17.2. The van der Waals surface area contributed by atoms with Gasteiger partial charge in [0.05, 0.1) is 11.5 Å². The van der Waals surface area contributed by atoms with E-state index in [0.717, 1.165) is 17.1 Å². The molecule has 23 heavy (non-hydrogen) atoms. The molecule has 0 fully saturated rings. The Morgan fingerprint density at radius 1 is 1.09 bits per heavy atom. The Bertz CT molecular complexity index is 675. The van der Waals surface area contributed by atoms with Crippen LogP contribution in [0.5, 0.6) is 0 Å². The molecule has 0 saturated heterocycles. The lowest BCUT2D eigenvalue weighted by molar-refractivity contribution is -0.384. The Morgan fingerprint density at radius 2 is 1.61 bits per heavy atom. The van der Waals surface area contributed by atoms with Crippen LogP contribution in [0.15, 0.2) is 48.5 Å². The maximum Gasteiger partial charge on any atom is 0.269 e. The predicted molar refractivity (Wildman–Crippen MR) is 98.6 cm³/mol. The van der Waals surface area contributed by atoms with Crippen LogP contribution in [0.2, 0.25) is 0 Å². The van der Waals surface area contributed by atoms with Crippen molar-refractivity contribution in [2.24, 2.45) is 0 Å². The Labute approximate surface area is 143 Å². The van der Waals surface area contributed by atoms with E-state index in [9.17, 15) is 10.1 Å². The highest BCUT2D eigenvalue weighted by Crippen LogP contribution is 2.22. The third-order valence-corrected chi connectivity index (χ3v) is 4.03. The number of benzene rings is 2. The van der Waals surface area contributed by atoms with Crippen molar-refractivity contribution in [3.8, 4) is 0 Å². The van der Waals surface area contributed by atoms with Crippen LogP contribution in [0.1, 0.15) is 0 Å². The van der Waals surface area contributed by atoms with Gasteiger partial charge in [0.25, 0.3) is 5.69 Å². The largest absolute Gasteiger partial charge is 0.396 e. The molecule has 0 amide bonds. The van der Waals surface area contributed by atoms with E-state index in [0.29, 0.717) is 10.1 Å². The lowest BCUT2D eigenvalue weighted by Gasteiger charge is -2.09. The molecule has 3 N–H and O–H groups in total. The second kappa shape index (κ2) is 8.47. The third-order valence-electron chi connectivity index (χ3n) is 2.82. The van der Waals surface area contributed by atoms with Gasteiger partial charge in [-0.05, 0) is 36.4 Å². The second-order valence-corrected chi connectivity index (χ2v) is 6.26. The molecular weight excluding hydrogens is 334 g/mol. The predicted octanol–water partition coefficient (Wildman–Crippen LogP) is 3.76. The number of thiocarbonyl (C=S) groups is 1. The Morgan fingerprint density at radius 3 is 2.13 bits per heavy atom. The molecule has 0 bridgehead atoms.